The van der Waals surface area contributed by atoms with E-state index in [1.54, 1.807) is 0 Å². The highest BCUT2D eigenvalue weighted by atomic mass is 14.1. The van der Waals surface area contributed by atoms with E-state index in [2.05, 4.69) is 84.9 Å². The number of benzene rings is 5. The van der Waals surface area contributed by atoms with Gasteiger partial charge in [-0.05, 0) is 79.5 Å². The van der Waals surface area contributed by atoms with Gasteiger partial charge >= 0.3 is 0 Å². The van der Waals surface area contributed by atoms with Gasteiger partial charge in [-0.1, -0.05) is 48.5 Å². The van der Waals surface area contributed by atoms with E-state index in [0.29, 0.717) is 0 Å². The van der Waals surface area contributed by atoms with Crippen LogP contribution in [0.25, 0.3) is 43.1 Å². The third-order valence-electron chi connectivity index (χ3n) is 4.52. The van der Waals surface area contributed by atoms with Gasteiger partial charge < -0.3 is 12.3 Å². The Morgan fingerprint density at radius 1 is 0.292 bits per heavy atom. The van der Waals surface area contributed by atoms with E-state index in [-0.39, 0.29) is 12.3 Å². The van der Waals surface area contributed by atoms with Gasteiger partial charge in [-0.2, -0.15) is 0 Å². The summed E-state index contributed by atoms with van der Waals surface area (Å²) in [6.45, 7) is 0. The van der Waals surface area contributed by atoms with Crippen molar-refractivity contribution in [1.29, 1.82) is 0 Å². The highest BCUT2D eigenvalue weighted by Gasteiger charge is 2.02. The van der Waals surface area contributed by atoms with Gasteiger partial charge in [0.25, 0.3) is 0 Å². The van der Waals surface area contributed by atoms with E-state index in [9.17, 15) is 0 Å². The van der Waals surface area contributed by atoms with Crippen LogP contribution in [0.15, 0.2) is 84.9 Å². The summed E-state index contributed by atoms with van der Waals surface area (Å²) < 4.78 is 0. The van der Waals surface area contributed by atoms with Crippen molar-refractivity contribution < 1.29 is 0 Å². The molecule has 5 aromatic carbocycles. The van der Waals surface area contributed by atoms with Gasteiger partial charge in [0.05, 0.1) is 0 Å². The Balaban J connectivity index is 0.000000845. The number of rotatable bonds is 0. The quantitative estimate of drug-likeness (QED) is 0.315. The highest BCUT2D eigenvalue weighted by Crippen LogP contribution is 2.29. The van der Waals surface area contributed by atoms with Crippen molar-refractivity contribution in [3.05, 3.63) is 84.9 Å². The van der Waals surface area contributed by atoms with E-state index in [0.717, 1.165) is 0 Å². The van der Waals surface area contributed by atoms with Crippen LogP contribution in [0.5, 0.6) is 0 Å². The number of hydrogen-bond donors (Lipinski definition) is 2. The van der Waals surface area contributed by atoms with Crippen LogP contribution in [0.2, 0.25) is 0 Å². The zero-order valence-corrected chi connectivity index (χ0v) is 13.5. The first-order valence-corrected chi connectivity index (χ1v) is 7.62. The second kappa shape index (κ2) is 5.93. The van der Waals surface area contributed by atoms with Gasteiger partial charge in [-0.3, -0.25) is 0 Å². The van der Waals surface area contributed by atoms with Crippen molar-refractivity contribution >= 4 is 43.1 Å². The molecule has 6 N–H and O–H groups in total. The standard InChI is InChI=1S/C22H14.2H3N/c1-2-6-16-10-20-14-22-12-18-8-4-3-7-17(18)11-21(22)13-19(20)9-15(16)5-1;;/h1-14H;2*1H3. The molecule has 0 unspecified atom stereocenters. The predicted octanol–water partition coefficient (Wildman–Crippen LogP) is 6.62. The lowest BCUT2D eigenvalue weighted by Crippen LogP contribution is -1.80. The molecule has 0 aliphatic carbocycles. The summed E-state index contributed by atoms with van der Waals surface area (Å²) >= 11 is 0. The monoisotopic (exact) mass is 312 g/mol. The highest BCUT2D eigenvalue weighted by molar-refractivity contribution is 6.08. The summed E-state index contributed by atoms with van der Waals surface area (Å²) in [6, 6.07) is 30.9. The Hall–Kier alpha value is -2.94. The van der Waals surface area contributed by atoms with Crippen LogP contribution in [-0.4, -0.2) is 0 Å². The molecule has 0 aliphatic heterocycles. The smallest absolute Gasteiger partial charge is 0.0171 e. The van der Waals surface area contributed by atoms with E-state index < -0.39 is 0 Å². The van der Waals surface area contributed by atoms with Crippen LogP contribution >= 0.6 is 0 Å². The molecular weight excluding hydrogens is 292 g/mol. The average Bonchev–Trinajstić information content (AvgIpc) is 2.56. The summed E-state index contributed by atoms with van der Waals surface area (Å²) in [7, 11) is 0. The summed E-state index contributed by atoms with van der Waals surface area (Å²) in [5, 5.41) is 10.4. The number of fused-ring (bicyclic) bond motifs is 4. The van der Waals surface area contributed by atoms with Gasteiger partial charge in [0.2, 0.25) is 0 Å². The van der Waals surface area contributed by atoms with Crippen molar-refractivity contribution in [1.82, 2.24) is 12.3 Å². The van der Waals surface area contributed by atoms with E-state index in [4.69, 9.17) is 0 Å². The fraction of sp³-hybridized carbons (Fsp3) is 0. The molecule has 0 atom stereocenters. The Kier molecular flexibility index (Phi) is 3.94. The molecule has 5 rings (SSSR count). The average molecular weight is 312 g/mol. The molecule has 0 spiro atoms. The Labute approximate surface area is 140 Å². The molecule has 0 aromatic heterocycles. The minimum absolute atomic E-state index is 0. The van der Waals surface area contributed by atoms with Crippen molar-refractivity contribution in [2.75, 3.05) is 0 Å². The van der Waals surface area contributed by atoms with Gasteiger partial charge in [-0.25, -0.2) is 0 Å². The molecule has 5 aromatic rings. The summed E-state index contributed by atoms with van der Waals surface area (Å²) in [5.74, 6) is 0. The van der Waals surface area contributed by atoms with Gasteiger partial charge in [0.1, 0.15) is 0 Å². The lowest BCUT2D eigenvalue weighted by molar-refractivity contribution is 1.78. The molecular formula is C22H20N2. The zero-order valence-electron chi connectivity index (χ0n) is 13.5. The van der Waals surface area contributed by atoms with E-state index in [1.807, 2.05) is 0 Å². The number of hydrogen-bond acceptors (Lipinski definition) is 2. The molecule has 118 valence electrons. The first kappa shape index (κ1) is 15.9. The largest absolute Gasteiger partial charge is 0.344 e. The van der Waals surface area contributed by atoms with Crippen LogP contribution in [0.4, 0.5) is 0 Å². The second-order valence-electron chi connectivity index (χ2n) is 5.95. The van der Waals surface area contributed by atoms with Crippen molar-refractivity contribution in [3.8, 4) is 0 Å². The lowest BCUT2D eigenvalue weighted by atomic mass is 9.97. The SMILES string of the molecule is N.N.c1ccc2cc3cc4cc5ccccc5cc4cc3cc2c1. The van der Waals surface area contributed by atoms with E-state index in [1.165, 1.54) is 43.1 Å². The van der Waals surface area contributed by atoms with Gasteiger partial charge in [-0.15, -0.1) is 0 Å². The maximum atomic E-state index is 2.31. The van der Waals surface area contributed by atoms with Gasteiger partial charge in [0, 0.05) is 0 Å². The molecule has 0 radical (unpaired) electrons. The molecule has 0 bridgehead atoms. The Morgan fingerprint density at radius 3 is 0.750 bits per heavy atom. The first-order valence-electron chi connectivity index (χ1n) is 7.62. The first-order chi connectivity index (χ1) is 10.9. The zero-order chi connectivity index (χ0) is 14.5. The fourth-order valence-electron chi connectivity index (χ4n) is 3.39. The molecule has 0 fully saturated rings. The molecule has 2 nitrogen and oxygen atoms in total. The normalized spacial score (nSPS) is 10.7. The maximum absolute atomic E-state index is 2.31. The molecule has 0 saturated carbocycles. The van der Waals surface area contributed by atoms with E-state index >= 15 is 0 Å². The molecule has 0 saturated heterocycles. The summed E-state index contributed by atoms with van der Waals surface area (Å²) in [5.41, 5.74) is 0. The van der Waals surface area contributed by atoms with Crippen LogP contribution < -0.4 is 12.3 Å². The van der Waals surface area contributed by atoms with Crippen LogP contribution in [0.3, 0.4) is 0 Å². The van der Waals surface area contributed by atoms with Crippen molar-refractivity contribution in [2.24, 2.45) is 0 Å². The molecule has 24 heavy (non-hydrogen) atoms. The lowest BCUT2D eigenvalue weighted by Gasteiger charge is -2.07. The fourth-order valence-corrected chi connectivity index (χ4v) is 3.39. The minimum atomic E-state index is 0. The van der Waals surface area contributed by atoms with Crippen molar-refractivity contribution in [2.45, 2.75) is 0 Å². The molecule has 0 aliphatic rings. The third-order valence-corrected chi connectivity index (χ3v) is 4.52. The predicted molar refractivity (Wildman–Crippen MR) is 107 cm³/mol. The Morgan fingerprint density at radius 2 is 0.500 bits per heavy atom. The molecule has 2 heteroatoms. The topological polar surface area (TPSA) is 70.0 Å². The summed E-state index contributed by atoms with van der Waals surface area (Å²) in [6.07, 6.45) is 0. The molecule has 0 amide bonds. The van der Waals surface area contributed by atoms with Crippen LogP contribution in [-0.2, 0) is 0 Å². The second-order valence-corrected chi connectivity index (χ2v) is 5.95. The van der Waals surface area contributed by atoms with Gasteiger partial charge in [0.15, 0.2) is 0 Å². The van der Waals surface area contributed by atoms with Crippen molar-refractivity contribution in [3.63, 3.8) is 0 Å². The van der Waals surface area contributed by atoms with Crippen LogP contribution in [0, 0.1) is 0 Å². The maximum Gasteiger partial charge on any atom is -0.0171 e. The minimum Gasteiger partial charge on any atom is -0.344 e. The third kappa shape index (κ3) is 2.38. The summed E-state index contributed by atoms with van der Waals surface area (Å²) in [4.78, 5) is 0. The Bertz CT molecular complexity index is 992. The van der Waals surface area contributed by atoms with Crippen LogP contribution in [0.1, 0.15) is 0 Å². The molecule has 0 heterocycles.